The van der Waals surface area contributed by atoms with Crippen LogP contribution in [0.25, 0.3) is 0 Å². The molecule has 132 valence electrons. The summed E-state index contributed by atoms with van der Waals surface area (Å²) in [5.41, 5.74) is 0.379. The van der Waals surface area contributed by atoms with Crippen LogP contribution in [0, 0.1) is 6.92 Å². The topological polar surface area (TPSA) is 67.4 Å². The van der Waals surface area contributed by atoms with Gasteiger partial charge >= 0.3 is 0 Å². The van der Waals surface area contributed by atoms with E-state index >= 15 is 0 Å². The fourth-order valence-electron chi connectivity index (χ4n) is 3.27. The van der Waals surface area contributed by atoms with Crippen molar-refractivity contribution in [1.29, 1.82) is 0 Å². The predicted molar refractivity (Wildman–Crippen MR) is 96.6 cm³/mol. The molecule has 0 radical (unpaired) electrons. The minimum absolute atomic E-state index is 0.0182. The summed E-state index contributed by atoms with van der Waals surface area (Å²) in [6, 6.07) is 11.3. The molecule has 1 aliphatic heterocycles. The average Bonchev–Trinajstić information content (AvgIpc) is 3.03. The summed E-state index contributed by atoms with van der Waals surface area (Å²) < 4.78 is 5.63. The molecular formula is C19H24N4O2. The Morgan fingerprint density at radius 2 is 2.08 bits per heavy atom. The zero-order valence-corrected chi connectivity index (χ0v) is 15.0. The third-order valence-corrected chi connectivity index (χ3v) is 4.64. The number of para-hydroxylation sites is 1. The van der Waals surface area contributed by atoms with Crippen LogP contribution in [-0.4, -0.2) is 41.0 Å². The second kappa shape index (κ2) is 7.09. The highest BCUT2D eigenvalue weighted by Crippen LogP contribution is 2.37. The van der Waals surface area contributed by atoms with Gasteiger partial charge < -0.3 is 15.0 Å². The number of rotatable bonds is 5. The van der Waals surface area contributed by atoms with E-state index < -0.39 is 5.54 Å². The van der Waals surface area contributed by atoms with Gasteiger partial charge in [0.05, 0.1) is 0 Å². The fourth-order valence-corrected chi connectivity index (χ4v) is 3.27. The van der Waals surface area contributed by atoms with Crippen LogP contribution in [0.15, 0.2) is 36.4 Å². The van der Waals surface area contributed by atoms with Crippen molar-refractivity contribution in [3.8, 4) is 5.75 Å². The molecular weight excluding hydrogens is 316 g/mol. The van der Waals surface area contributed by atoms with Crippen molar-refractivity contribution in [2.24, 2.45) is 0 Å². The van der Waals surface area contributed by atoms with Crippen molar-refractivity contribution in [2.75, 3.05) is 25.5 Å². The molecule has 1 N–H and O–H groups in total. The Hall–Kier alpha value is -2.63. The molecule has 0 bridgehead atoms. The van der Waals surface area contributed by atoms with Gasteiger partial charge in [0.2, 0.25) is 0 Å². The molecule has 1 fully saturated rings. The third-order valence-electron chi connectivity index (χ3n) is 4.64. The Balaban J connectivity index is 1.79. The van der Waals surface area contributed by atoms with Crippen molar-refractivity contribution in [3.63, 3.8) is 0 Å². The highest BCUT2D eigenvalue weighted by atomic mass is 16.5. The number of aryl methyl sites for hydroxylation is 1. The molecule has 0 aliphatic carbocycles. The first-order valence-corrected chi connectivity index (χ1v) is 8.55. The number of carbonyl (C=O) groups is 1. The molecule has 6 heteroatoms. The molecule has 0 saturated carbocycles. The van der Waals surface area contributed by atoms with Crippen molar-refractivity contribution in [1.82, 2.24) is 14.9 Å². The van der Waals surface area contributed by atoms with E-state index in [4.69, 9.17) is 4.74 Å². The molecule has 2 heterocycles. The minimum atomic E-state index is -0.505. The van der Waals surface area contributed by atoms with E-state index in [9.17, 15) is 4.79 Å². The Bertz CT molecular complexity index is 750. The molecule has 1 atom stereocenters. The van der Waals surface area contributed by atoms with Crippen LogP contribution < -0.4 is 10.1 Å². The molecule has 1 aromatic carbocycles. The summed E-state index contributed by atoms with van der Waals surface area (Å²) in [4.78, 5) is 23.8. The number of carbonyl (C=O) groups excluding carboxylic acids is 1. The van der Waals surface area contributed by atoms with Gasteiger partial charge in [0.25, 0.3) is 5.91 Å². The molecule has 1 unspecified atom stereocenters. The Morgan fingerprint density at radius 1 is 1.32 bits per heavy atom. The van der Waals surface area contributed by atoms with Gasteiger partial charge in [-0.05, 0) is 38.8 Å². The lowest BCUT2D eigenvalue weighted by molar-refractivity contribution is -0.137. The lowest BCUT2D eigenvalue weighted by Gasteiger charge is -2.34. The molecule has 6 nitrogen and oxygen atoms in total. The highest BCUT2D eigenvalue weighted by molar-refractivity contribution is 5.79. The van der Waals surface area contributed by atoms with Crippen LogP contribution in [-0.2, 0) is 10.3 Å². The lowest BCUT2D eigenvalue weighted by Crippen LogP contribution is -2.46. The Kier molecular flexibility index (Phi) is 4.88. The van der Waals surface area contributed by atoms with Crippen LogP contribution in [0.2, 0.25) is 0 Å². The summed E-state index contributed by atoms with van der Waals surface area (Å²) in [6.45, 7) is 4.69. The first-order valence-electron chi connectivity index (χ1n) is 8.55. The monoisotopic (exact) mass is 340 g/mol. The maximum Gasteiger partial charge on any atom is 0.261 e. The molecule has 1 aromatic heterocycles. The molecule has 2 aromatic rings. The van der Waals surface area contributed by atoms with E-state index in [-0.39, 0.29) is 12.5 Å². The summed E-state index contributed by atoms with van der Waals surface area (Å²) in [5.74, 6) is 2.10. The molecule has 1 aliphatic rings. The third kappa shape index (κ3) is 3.57. The van der Waals surface area contributed by atoms with Crippen LogP contribution in [0.4, 0.5) is 5.82 Å². The summed E-state index contributed by atoms with van der Waals surface area (Å²) in [5, 5.41) is 3.06. The molecule has 1 amide bonds. The zero-order valence-electron chi connectivity index (χ0n) is 15.0. The number of likely N-dealkylation sites (tertiary alicyclic amines) is 1. The van der Waals surface area contributed by atoms with E-state index in [1.54, 1.807) is 0 Å². The molecule has 1 saturated heterocycles. The van der Waals surface area contributed by atoms with Crippen LogP contribution in [0.5, 0.6) is 5.75 Å². The van der Waals surface area contributed by atoms with Crippen LogP contribution in [0.3, 0.4) is 0 Å². The highest BCUT2D eigenvalue weighted by Gasteiger charge is 2.43. The normalized spacial score (nSPS) is 19.7. The number of amides is 1. The van der Waals surface area contributed by atoms with E-state index in [0.29, 0.717) is 18.1 Å². The van der Waals surface area contributed by atoms with Gasteiger partial charge in [-0.15, -0.1) is 0 Å². The summed E-state index contributed by atoms with van der Waals surface area (Å²) in [6.07, 6.45) is 1.77. The number of nitrogens with zero attached hydrogens (tertiary/aromatic N) is 3. The average molecular weight is 340 g/mol. The van der Waals surface area contributed by atoms with Gasteiger partial charge in [0.1, 0.15) is 17.1 Å². The number of hydrogen-bond acceptors (Lipinski definition) is 5. The smallest absolute Gasteiger partial charge is 0.261 e. The van der Waals surface area contributed by atoms with Crippen LogP contribution in [0.1, 0.15) is 31.3 Å². The molecule has 0 spiro atoms. The Morgan fingerprint density at radius 3 is 2.80 bits per heavy atom. The molecule has 25 heavy (non-hydrogen) atoms. The van der Waals surface area contributed by atoms with Crippen molar-refractivity contribution in [3.05, 3.63) is 47.9 Å². The van der Waals surface area contributed by atoms with Gasteiger partial charge in [0, 0.05) is 25.4 Å². The number of aromatic nitrogens is 2. The maximum atomic E-state index is 12.8. The number of ether oxygens (including phenoxy) is 1. The quantitative estimate of drug-likeness (QED) is 0.906. The summed E-state index contributed by atoms with van der Waals surface area (Å²) in [7, 11) is 1.83. The predicted octanol–water partition coefficient (Wildman–Crippen LogP) is 2.74. The largest absolute Gasteiger partial charge is 0.484 e. The second-order valence-electron chi connectivity index (χ2n) is 6.49. The Labute approximate surface area is 148 Å². The maximum absolute atomic E-state index is 12.8. The molecule has 3 rings (SSSR count). The minimum Gasteiger partial charge on any atom is -0.484 e. The lowest BCUT2D eigenvalue weighted by atomic mass is 9.97. The van der Waals surface area contributed by atoms with Gasteiger partial charge in [-0.2, -0.15) is 0 Å². The first-order chi connectivity index (χ1) is 12.0. The van der Waals surface area contributed by atoms with E-state index in [1.165, 1.54) is 0 Å². The van der Waals surface area contributed by atoms with Crippen molar-refractivity contribution < 1.29 is 9.53 Å². The van der Waals surface area contributed by atoms with E-state index in [0.717, 1.165) is 24.4 Å². The van der Waals surface area contributed by atoms with Crippen molar-refractivity contribution in [2.45, 2.75) is 32.2 Å². The van der Waals surface area contributed by atoms with Gasteiger partial charge in [0.15, 0.2) is 12.4 Å². The van der Waals surface area contributed by atoms with Crippen molar-refractivity contribution >= 4 is 11.7 Å². The first kappa shape index (κ1) is 17.2. The van der Waals surface area contributed by atoms with Gasteiger partial charge in [-0.1, -0.05) is 18.2 Å². The fraction of sp³-hybridized carbons (Fsp3) is 0.421. The van der Waals surface area contributed by atoms with Crippen LogP contribution >= 0.6 is 0 Å². The zero-order chi connectivity index (χ0) is 17.9. The number of benzene rings is 1. The van der Waals surface area contributed by atoms with Gasteiger partial charge in [-0.25, -0.2) is 9.97 Å². The number of hydrogen-bond donors (Lipinski definition) is 1. The van der Waals surface area contributed by atoms with E-state index in [1.807, 2.05) is 62.2 Å². The van der Waals surface area contributed by atoms with E-state index in [2.05, 4.69) is 15.3 Å². The number of anilines is 1. The summed E-state index contributed by atoms with van der Waals surface area (Å²) >= 11 is 0. The second-order valence-corrected chi connectivity index (χ2v) is 6.49. The SMILES string of the molecule is CNc1cc(C)nc(C2(C)CCCN2C(=O)COc2ccccc2)n1. The number of nitrogens with one attached hydrogen (secondary N) is 1. The van der Waals surface area contributed by atoms with Gasteiger partial charge in [-0.3, -0.25) is 4.79 Å². The standard InChI is InChI=1S/C19H24N4O2/c1-14-12-16(20-3)22-18(21-14)19(2)10-7-11-23(19)17(24)13-25-15-8-5-4-6-9-15/h4-6,8-9,12H,7,10-11,13H2,1-3H3,(H,20,21,22).